The number of nitrogens with zero attached hydrogens (tertiary/aromatic N) is 2. The highest BCUT2D eigenvalue weighted by molar-refractivity contribution is 7.89. The van der Waals surface area contributed by atoms with Crippen LogP contribution < -0.4 is 15.2 Å². The highest BCUT2D eigenvalue weighted by Crippen LogP contribution is 2.28. The van der Waals surface area contributed by atoms with Crippen LogP contribution in [0.1, 0.15) is 23.5 Å². The summed E-state index contributed by atoms with van der Waals surface area (Å²) in [7, 11) is -0.224. The Labute approximate surface area is 166 Å². The minimum atomic E-state index is -3.67. The zero-order valence-electron chi connectivity index (χ0n) is 16.1. The smallest absolute Gasteiger partial charge is 0.238 e. The summed E-state index contributed by atoms with van der Waals surface area (Å²) >= 11 is 0. The third-order valence-corrected chi connectivity index (χ3v) is 5.92. The topological polar surface area (TPSA) is 97.0 Å². The van der Waals surface area contributed by atoms with Crippen LogP contribution in [0.25, 0.3) is 0 Å². The van der Waals surface area contributed by atoms with Gasteiger partial charge < -0.3 is 15.0 Å². The number of primary sulfonamides is 1. The van der Waals surface area contributed by atoms with Crippen molar-refractivity contribution in [2.45, 2.75) is 23.8 Å². The molecule has 1 heterocycles. The Morgan fingerprint density at radius 1 is 1.21 bits per heavy atom. The first kappa shape index (κ1) is 20.2. The summed E-state index contributed by atoms with van der Waals surface area (Å²) in [6, 6.07) is 14.8. The maximum Gasteiger partial charge on any atom is 0.238 e. The van der Waals surface area contributed by atoms with E-state index in [1.807, 2.05) is 12.1 Å². The Bertz CT molecular complexity index is 925. The molecule has 0 aromatic heterocycles. The third kappa shape index (κ3) is 4.82. The Kier molecular flexibility index (Phi) is 6.21. The zero-order valence-corrected chi connectivity index (χ0v) is 16.9. The fraction of sp³-hybridized carbons (Fsp3) is 0.350. The van der Waals surface area contributed by atoms with E-state index in [0.717, 1.165) is 36.8 Å². The molecule has 1 aliphatic heterocycles. The molecule has 1 fully saturated rings. The van der Waals surface area contributed by atoms with Crippen LogP contribution in [-0.2, 0) is 16.6 Å². The van der Waals surface area contributed by atoms with E-state index in [1.54, 1.807) is 26.3 Å². The molecule has 2 aromatic rings. The zero-order chi connectivity index (χ0) is 20.1. The van der Waals surface area contributed by atoms with Crippen molar-refractivity contribution in [1.82, 2.24) is 10.2 Å². The molecular weight excluding hydrogens is 376 g/mol. The molecule has 2 aromatic carbocycles. The molecule has 0 radical (unpaired) electrons. The second kappa shape index (κ2) is 8.62. The molecule has 0 bridgehead atoms. The minimum Gasteiger partial charge on any atom is -0.497 e. The predicted octanol–water partition coefficient (Wildman–Crippen LogP) is 1.91. The van der Waals surface area contributed by atoms with E-state index in [-0.39, 0.29) is 4.90 Å². The second-order valence-electron chi connectivity index (χ2n) is 6.79. The van der Waals surface area contributed by atoms with E-state index >= 15 is 0 Å². The van der Waals surface area contributed by atoms with Crippen LogP contribution in [-0.4, -0.2) is 46.5 Å². The normalized spacial score (nSPS) is 17.6. The molecule has 0 amide bonds. The molecule has 0 spiro atoms. The van der Waals surface area contributed by atoms with E-state index in [4.69, 9.17) is 9.88 Å². The summed E-state index contributed by atoms with van der Waals surface area (Å²) in [4.78, 5) is 6.75. The van der Waals surface area contributed by atoms with Gasteiger partial charge in [0.2, 0.25) is 10.0 Å². The first-order valence-electron chi connectivity index (χ1n) is 9.12. The molecule has 3 rings (SSSR count). The maximum atomic E-state index is 11.3. The summed E-state index contributed by atoms with van der Waals surface area (Å²) < 4.78 is 27.9. The average molecular weight is 403 g/mol. The van der Waals surface area contributed by atoms with Crippen molar-refractivity contribution < 1.29 is 13.2 Å². The van der Waals surface area contributed by atoms with E-state index in [9.17, 15) is 8.42 Å². The van der Waals surface area contributed by atoms with Gasteiger partial charge in [-0.2, -0.15) is 0 Å². The summed E-state index contributed by atoms with van der Waals surface area (Å²) in [6.45, 7) is 2.39. The number of guanidine groups is 1. The summed E-state index contributed by atoms with van der Waals surface area (Å²) in [6.07, 6.45) is 1.07. The molecule has 28 heavy (non-hydrogen) atoms. The van der Waals surface area contributed by atoms with Crippen molar-refractivity contribution in [3.8, 4) is 5.75 Å². The van der Waals surface area contributed by atoms with Gasteiger partial charge in [-0.05, 0) is 41.8 Å². The first-order chi connectivity index (χ1) is 13.4. The molecule has 3 N–H and O–H groups in total. The number of likely N-dealkylation sites (tertiary alicyclic amines) is 1. The molecular formula is C20H26N4O3S. The largest absolute Gasteiger partial charge is 0.497 e. The molecule has 7 nitrogen and oxygen atoms in total. The molecule has 150 valence electrons. The number of ether oxygens (including phenoxy) is 1. The molecule has 1 aliphatic rings. The van der Waals surface area contributed by atoms with Gasteiger partial charge in [0, 0.05) is 32.6 Å². The molecule has 0 aliphatic carbocycles. The van der Waals surface area contributed by atoms with Gasteiger partial charge in [-0.1, -0.05) is 24.3 Å². The summed E-state index contributed by atoms with van der Waals surface area (Å²) in [5.41, 5.74) is 2.26. The number of methoxy groups -OCH3 is 1. The van der Waals surface area contributed by atoms with Gasteiger partial charge in [-0.25, -0.2) is 13.6 Å². The molecule has 1 atom stereocenters. The van der Waals surface area contributed by atoms with Gasteiger partial charge in [-0.15, -0.1) is 0 Å². The lowest BCUT2D eigenvalue weighted by Crippen LogP contribution is -2.39. The number of nitrogens with two attached hydrogens (primary N) is 1. The summed E-state index contributed by atoms with van der Waals surface area (Å²) in [5.74, 6) is 2.16. The fourth-order valence-electron chi connectivity index (χ4n) is 3.41. The summed E-state index contributed by atoms with van der Waals surface area (Å²) in [5, 5.41) is 8.49. The molecule has 0 saturated carbocycles. The fourth-order valence-corrected chi connectivity index (χ4v) is 3.93. The van der Waals surface area contributed by atoms with Crippen molar-refractivity contribution in [2.24, 2.45) is 10.1 Å². The van der Waals surface area contributed by atoms with Crippen LogP contribution in [0.2, 0.25) is 0 Å². The van der Waals surface area contributed by atoms with Crippen LogP contribution in [0, 0.1) is 0 Å². The first-order valence-corrected chi connectivity index (χ1v) is 10.7. The molecule has 8 heteroatoms. The minimum absolute atomic E-state index is 0.113. The SMILES string of the molecule is CN=C(NCc1ccc(S(N)(=O)=O)cc1)N1CCC(c2ccc(OC)cc2)C1. The van der Waals surface area contributed by atoms with Crippen LogP contribution >= 0.6 is 0 Å². The van der Waals surface area contributed by atoms with Crippen molar-refractivity contribution in [3.63, 3.8) is 0 Å². The Balaban J connectivity index is 1.58. The van der Waals surface area contributed by atoms with Crippen LogP contribution in [0.5, 0.6) is 5.75 Å². The average Bonchev–Trinajstić information content (AvgIpc) is 3.18. The number of hydrogen-bond acceptors (Lipinski definition) is 4. The Morgan fingerprint density at radius 2 is 1.89 bits per heavy atom. The van der Waals surface area contributed by atoms with Crippen molar-refractivity contribution in [2.75, 3.05) is 27.2 Å². The van der Waals surface area contributed by atoms with E-state index < -0.39 is 10.0 Å². The van der Waals surface area contributed by atoms with Gasteiger partial charge in [0.15, 0.2) is 5.96 Å². The lowest BCUT2D eigenvalue weighted by molar-refractivity contribution is 0.414. The number of rotatable bonds is 5. The number of benzene rings is 2. The van der Waals surface area contributed by atoms with Gasteiger partial charge in [0.1, 0.15) is 5.75 Å². The number of nitrogens with one attached hydrogen (secondary N) is 1. The van der Waals surface area contributed by atoms with E-state index in [1.165, 1.54) is 17.7 Å². The standard InChI is InChI=1S/C20H26N4O3S/c1-22-20(23-13-15-3-9-19(10-4-15)28(21,25)26)24-12-11-17(14-24)16-5-7-18(27-2)8-6-16/h3-10,17H,11-14H2,1-2H3,(H,22,23)(H2,21,25,26). The predicted molar refractivity (Wildman–Crippen MR) is 110 cm³/mol. The van der Waals surface area contributed by atoms with E-state index in [2.05, 4.69) is 27.3 Å². The Hall–Kier alpha value is -2.58. The van der Waals surface area contributed by atoms with Crippen LogP contribution in [0.4, 0.5) is 0 Å². The van der Waals surface area contributed by atoms with Crippen molar-refractivity contribution >= 4 is 16.0 Å². The quantitative estimate of drug-likeness (QED) is 0.588. The monoisotopic (exact) mass is 402 g/mol. The third-order valence-electron chi connectivity index (χ3n) is 4.99. The van der Waals surface area contributed by atoms with Crippen LogP contribution in [0.15, 0.2) is 58.4 Å². The number of hydrogen-bond donors (Lipinski definition) is 2. The maximum absolute atomic E-state index is 11.3. The van der Waals surface area contributed by atoms with Gasteiger partial charge >= 0.3 is 0 Å². The van der Waals surface area contributed by atoms with Gasteiger partial charge in [-0.3, -0.25) is 4.99 Å². The molecule has 1 unspecified atom stereocenters. The highest BCUT2D eigenvalue weighted by Gasteiger charge is 2.26. The lowest BCUT2D eigenvalue weighted by atomic mass is 9.98. The van der Waals surface area contributed by atoms with Crippen LogP contribution in [0.3, 0.4) is 0 Å². The number of sulfonamides is 1. The second-order valence-corrected chi connectivity index (χ2v) is 8.36. The van der Waals surface area contributed by atoms with Gasteiger partial charge in [0.05, 0.1) is 12.0 Å². The molecule has 1 saturated heterocycles. The van der Waals surface area contributed by atoms with Crippen molar-refractivity contribution in [3.05, 3.63) is 59.7 Å². The highest BCUT2D eigenvalue weighted by atomic mass is 32.2. The number of aliphatic imine (C=N–C) groups is 1. The van der Waals surface area contributed by atoms with Gasteiger partial charge in [0.25, 0.3) is 0 Å². The van der Waals surface area contributed by atoms with E-state index in [0.29, 0.717) is 12.5 Å². The lowest BCUT2D eigenvalue weighted by Gasteiger charge is -2.22. The van der Waals surface area contributed by atoms with Crippen molar-refractivity contribution in [1.29, 1.82) is 0 Å². The Morgan fingerprint density at radius 3 is 2.46 bits per heavy atom.